The first-order chi connectivity index (χ1) is 19.6. The molecule has 4 aromatic rings. The average molecular weight is 579 g/mol. The first-order valence-electron chi connectivity index (χ1n) is 13.2. The zero-order valence-corrected chi connectivity index (χ0v) is 23.8. The van der Waals surface area contributed by atoms with Crippen LogP contribution in [0.25, 0.3) is 10.2 Å². The molecule has 0 bridgehead atoms. The Morgan fingerprint density at radius 2 is 1.57 bits per heavy atom. The van der Waals surface area contributed by atoms with Crippen molar-refractivity contribution in [1.82, 2.24) is 19.9 Å². The molecule has 208 valence electrons. The predicted octanol–water partition coefficient (Wildman–Crippen LogP) is 3.65. The van der Waals surface area contributed by atoms with Gasteiger partial charge in [0.2, 0.25) is 23.8 Å². The van der Waals surface area contributed by atoms with Gasteiger partial charge >= 0.3 is 0 Å². The molecule has 2 aromatic carbocycles. The Kier molecular flexibility index (Phi) is 8.23. The van der Waals surface area contributed by atoms with Gasteiger partial charge in [-0.1, -0.05) is 30.0 Å². The van der Waals surface area contributed by atoms with Crippen molar-refractivity contribution in [1.29, 1.82) is 0 Å². The molecule has 2 fully saturated rings. The van der Waals surface area contributed by atoms with E-state index in [1.54, 1.807) is 23.3 Å². The minimum Gasteiger partial charge on any atom is -0.378 e. The molecule has 11 nitrogen and oxygen atoms in total. The second-order valence-corrected chi connectivity index (χ2v) is 11.6. The smallest absolute Gasteiger partial charge is 0.237 e. The molecule has 0 aliphatic carbocycles. The summed E-state index contributed by atoms with van der Waals surface area (Å²) in [7, 11) is 1.80. The quantitative estimate of drug-likeness (QED) is 0.310. The SMILES string of the molecule is CN(C(=O)CSc1nc2ccc(Nc3nc(N4CCOCC4)nc(N4CCOCC4)n3)cc2s1)c1ccccc1. The van der Waals surface area contributed by atoms with E-state index < -0.39 is 0 Å². The monoisotopic (exact) mass is 578 g/mol. The summed E-state index contributed by atoms with van der Waals surface area (Å²) in [6.07, 6.45) is 0. The summed E-state index contributed by atoms with van der Waals surface area (Å²) in [5.41, 5.74) is 2.63. The number of ether oxygens (including phenoxy) is 2. The number of thiazole rings is 1. The molecule has 2 aromatic heterocycles. The Morgan fingerprint density at radius 1 is 0.925 bits per heavy atom. The van der Waals surface area contributed by atoms with Crippen molar-refractivity contribution in [3.63, 3.8) is 0 Å². The van der Waals surface area contributed by atoms with Crippen LogP contribution in [-0.4, -0.2) is 91.3 Å². The third kappa shape index (κ3) is 6.28. The summed E-state index contributed by atoms with van der Waals surface area (Å²) in [4.78, 5) is 37.6. The van der Waals surface area contributed by atoms with Crippen molar-refractivity contribution in [3.8, 4) is 0 Å². The van der Waals surface area contributed by atoms with Crippen molar-refractivity contribution in [2.75, 3.05) is 85.4 Å². The summed E-state index contributed by atoms with van der Waals surface area (Å²) in [5.74, 6) is 2.12. The number of morpholine rings is 2. The number of hydrogen-bond donors (Lipinski definition) is 1. The molecule has 0 atom stereocenters. The molecular formula is C27H30N8O3S2. The number of rotatable bonds is 8. The maximum absolute atomic E-state index is 12.7. The number of para-hydroxylation sites is 1. The number of benzene rings is 2. The lowest BCUT2D eigenvalue weighted by Gasteiger charge is -2.30. The molecule has 1 N–H and O–H groups in total. The van der Waals surface area contributed by atoms with Crippen molar-refractivity contribution < 1.29 is 14.3 Å². The van der Waals surface area contributed by atoms with Crippen LogP contribution in [0.2, 0.25) is 0 Å². The molecule has 0 radical (unpaired) electrons. The van der Waals surface area contributed by atoms with Gasteiger partial charge in [-0.2, -0.15) is 15.0 Å². The van der Waals surface area contributed by atoms with Crippen molar-refractivity contribution in [2.24, 2.45) is 0 Å². The third-order valence-electron chi connectivity index (χ3n) is 6.66. The number of fused-ring (bicyclic) bond motifs is 1. The lowest BCUT2D eigenvalue weighted by Crippen LogP contribution is -2.40. The number of carbonyl (C=O) groups excluding carboxylic acids is 1. The Labute approximate surface area is 240 Å². The lowest BCUT2D eigenvalue weighted by molar-refractivity contribution is -0.115. The second kappa shape index (κ2) is 12.3. The van der Waals surface area contributed by atoms with E-state index in [-0.39, 0.29) is 5.91 Å². The number of nitrogens with one attached hydrogen (secondary N) is 1. The fraction of sp³-hybridized carbons (Fsp3) is 0.370. The third-order valence-corrected chi connectivity index (χ3v) is 8.81. The van der Waals surface area contributed by atoms with E-state index in [2.05, 4.69) is 15.1 Å². The molecular weight excluding hydrogens is 548 g/mol. The summed E-state index contributed by atoms with van der Waals surface area (Å²) in [6, 6.07) is 15.6. The minimum atomic E-state index is 0.0276. The number of aromatic nitrogens is 4. The van der Waals surface area contributed by atoms with Gasteiger partial charge in [-0.3, -0.25) is 4.79 Å². The molecule has 2 saturated heterocycles. The van der Waals surface area contributed by atoms with Gasteiger partial charge in [0.25, 0.3) is 0 Å². The van der Waals surface area contributed by atoms with Crippen molar-refractivity contribution in [3.05, 3.63) is 48.5 Å². The highest BCUT2D eigenvalue weighted by Gasteiger charge is 2.21. The van der Waals surface area contributed by atoms with Crippen LogP contribution in [0.15, 0.2) is 52.9 Å². The summed E-state index contributed by atoms with van der Waals surface area (Å²) >= 11 is 3.02. The zero-order chi connectivity index (χ0) is 27.3. The van der Waals surface area contributed by atoms with Crippen molar-refractivity contribution >= 4 is 68.4 Å². The van der Waals surface area contributed by atoms with E-state index >= 15 is 0 Å². The fourth-order valence-electron chi connectivity index (χ4n) is 4.41. The van der Waals surface area contributed by atoms with Crippen LogP contribution in [0, 0.1) is 0 Å². The number of anilines is 5. The Hall–Kier alpha value is -3.52. The van der Waals surface area contributed by atoms with Crippen LogP contribution in [0.1, 0.15) is 0 Å². The maximum atomic E-state index is 12.7. The average Bonchev–Trinajstić information content (AvgIpc) is 3.43. The largest absolute Gasteiger partial charge is 0.378 e. The topological polar surface area (TPSA) is 109 Å². The molecule has 4 heterocycles. The lowest BCUT2D eigenvalue weighted by atomic mass is 10.3. The van der Waals surface area contributed by atoms with Crippen LogP contribution in [0.4, 0.5) is 29.2 Å². The predicted molar refractivity (Wildman–Crippen MR) is 159 cm³/mol. The zero-order valence-electron chi connectivity index (χ0n) is 22.2. The van der Waals surface area contributed by atoms with Gasteiger partial charge in [-0.15, -0.1) is 11.3 Å². The van der Waals surface area contributed by atoms with Crippen LogP contribution in [-0.2, 0) is 14.3 Å². The molecule has 2 aliphatic heterocycles. The van der Waals surface area contributed by atoms with Gasteiger partial charge in [-0.05, 0) is 30.3 Å². The van der Waals surface area contributed by atoms with E-state index in [0.29, 0.717) is 50.0 Å². The van der Waals surface area contributed by atoms with E-state index in [1.165, 1.54) is 11.8 Å². The Bertz CT molecular complexity index is 1420. The van der Waals surface area contributed by atoms with E-state index in [1.807, 2.05) is 48.5 Å². The Morgan fingerprint density at radius 3 is 2.23 bits per heavy atom. The standard InChI is InChI=1S/C27H30N8O3S2/c1-33(20-5-3-2-4-6-20)23(36)18-39-27-29-21-8-7-19(17-22(21)40-27)28-24-30-25(34-9-13-37-14-10-34)32-26(31-24)35-11-15-38-16-12-35/h2-8,17H,9-16,18H2,1H3,(H,28,30,31,32). The minimum absolute atomic E-state index is 0.0276. The highest BCUT2D eigenvalue weighted by Crippen LogP contribution is 2.32. The van der Waals surface area contributed by atoms with Crippen LogP contribution in [0.3, 0.4) is 0 Å². The number of nitrogens with zero attached hydrogens (tertiary/aromatic N) is 7. The summed E-state index contributed by atoms with van der Waals surface area (Å²) in [6.45, 7) is 5.56. The molecule has 0 saturated carbocycles. The Balaban J connectivity index is 1.17. The number of hydrogen-bond acceptors (Lipinski definition) is 12. The summed E-state index contributed by atoms with van der Waals surface area (Å²) < 4.78 is 12.9. The number of amides is 1. The van der Waals surface area contributed by atoms with Gasteiger partial charge in [0, 0.05) is 44.6 Å². The fourth-order valence-corrected chi connectivity index (χ4v) is 6.43. The van der Waals surface area contributed by atoms with E-state index in [4.69, 9.17) is 29.4 Å². The molecule has 0 unspecified atom stereocenters. The van der Waals surface area contributed by atoms with Crippen LogP contribution < -0.4 is 20.0 Å². The molecule has 2 aliphatic rings. The maximum Gasteiger partial charge on any atom is 0.237 e. The number of thioether (sulfide) groups is 1. The van der Waals surface area contributed by atoms with Gasteiger partial charge < -0.3 is 29.5 Å². The molecule has 1 amide bonds. The van der Waals surface area contributed by atoms with Gasteiger partial charge in [0.15, 0.2) is 4.34 Å². The first-order valence-corrected chi connectivity index (χ1v) is 15.0. The second-order valence-electron chi connectivity index (χ2n) is 9.32. The van der Waals surface area contributed by atoms with Gasteiger partial charge in [-0.25, -0.2) is 4.98 Å². The molecule has 13 heteroatoms. The molecule has 6 rings (SSSR count). The van der Waals surface area contributed by atoms with E-state index in [0.717, 1.165) is 52.1 Å². The van der Waals surface area contributed by atoms with Gasteiger partial charge in [0.05, 0.1) is 42.4 Å². The van der Waals surface area contributed by atoms with Crippen molar-refractivity contribution in [2.45, 2.75) is 4.34 Å². The highest BCUT2D eigenvalue weighted by molar-refractivity contribution is 8.01. The summed E-state index contributed by atoms with van der Waals surface area (Å²) in [5, 5.41) is 3.38. The first kappa shape index (κ1) is 26.7. The van der Waals surface area contributed by atoms with E-state index in [9.17, 15) is 4.79 Å². The van der Waals surface area contributed by atoms with Crippen LogP contribution in [0.5, 0.6) is 0 Å². The van der Waals surface area contributed by atoms with Gasteiger partial charge in [0.1, 0.15) is 0 Å². The highest BCUT2D eigenvalue weighted by atomic mass is 32.2. The number of carbonyl (C=O) groups is 1. The normalized spacial score (nSPS) is 15.8. The van der Waals surface area contributed by atoms with Crippen LogP contribution >= 0.6 is 23.1 Å². The molecule has 40 heavy (non-hydrogen) atoms. The molecule has 0 spiro atoms.